The van der Waals surface area contributed by atoms with Gasteiger partial charge in [0.15, 0.2) is 0 Å². The van der Waals surface area contributed by atoms with E-state index in [1.165, 1.54) is 0 Å². The predicted octanol–water partition coefficient (Wildman–Crippen LogP) is 3.84. The Bertz CT molecular complexity index is 518. The van der Waals surface area contributed by atoms with Crippen LogP contribution in [0.1, 0.15) is 30.9 Å². The largest absolute Gasteiger partial charge is 0.491 e. The molecule has 0 aliphatic carbocycles. The molecule has 1 saturated heterocycles. The molecule has 6 heteroatoms. The fourth-order valence-electron chi connectivity index (χ4n) is 2.82. The van der Waals surface area contributed by atoms with Gasteiger partial charge in [0.25, 0.3) is 0 Å². The minimum absolute atomic E-state index is 0. The quantitative estimate of drug-likeness (QED) is 0.629. The summed E-state index contributed by atoms with van der Waals surface area (Å²) in [5.74, 6) is 1.31. The molecular formula is C19H32Cl2N2O2. The lowest BCUT2D eigenvalue weighted by Gasteiger charge is -2.32. The standard InChI is InChI=1S/C19H31ClN2O2.ClH/c1-15(2)17-14-18(20)16(3)13-19(17)24-12-11-23-10-9-22-7-5-21(4)6-8-22;/h13-15H,5-12H2,1-4H3;1H. The number of likely N-dealkylation sites (N-methyl/N-ethyl adjacent to an activating group) is 1. The van der Waals surface area contributed by atoms with Crippen molar-refractivity contribution in [1.29, 1.82) is 0 Å². The van der Waals surface area contributed by atoms with Gasteiger partial charge in [0, 0.05) is 37.7 Å². The van der Waals surface area contributed by atoms with Crippen LogP contribution in [-0.2, 0) is 4.74 Å². The highest BCUT2D eigenvalue weighted by molar-refractivity contribution is 6.31. The summed E-state index contributed by atoms with van der Waals surface area (Å²) in [7, 11) is 2.18. The second-order valence-corrected chi connectivity index (χ2v) is 7.31. The molecule has 0 spiro atoms. The van der Waals surface area contributed by atoms with Gasteiger partial charge >= 0.3 is 0 Å². The first-order valence-corrected chi connectivity index (χ1v) is 9.26. The van der Waals surface area contributed by atoms with E-state index in [-0.39, 0.29) is 12.4 Å². The smallest absolute Gasteiger partial charge is 0.123 e. The zero-order valence-corrected chi connectivity index (χ0v) is 17.5. The Morgan fingerprint density at radius 2 is 1.76 bits per heavy atom. The molecule has 0 N–H and O–H groups in total. The van der Waals surface area contributed by atoms with Gasteiger partial charge in [-0.25, -0.2) is 0 Å². The molecule has 0 radical (unpaired) electrons. The van der Waals surface area contributed by atoms with E-state index in [4.69, 9.17) is 21.1 Å². The summed E-state index contributed by atoms with van der Waals surface area (Å²) in [5, 5.41) is 0.800. The third kappa shape index (κ3) is 7.32. The summed E-state index contributed by atoms with van der Waals surface area (Å²) in [4.78, 5) is 4.83. The number of hydrogen-bond acceptors (Lipinski definition) is 4. The highest BCUT2D eigenvalue weighted by Crippen LogP contribution is 2.31. The second-order valence-electron chi connectivity index (χ2n) is 6.90. The summed E-state index contributed by atoms with van der Waals surface area (Å²) in [6, 6.07) is 4.05. The Labute approximate surface area is 163 Å². The number of benzene rings is 1. The number of nitrogens with zero attached hydrogens (tertiary/aromatic N) is 2. The van der Waals surface area contributed by atoms with E-state index < -0.39 is 0 Å². The zero-order chi connectivity index (χ0) is 17.5. The Balaban J connectivity index is 0.00000312. The Hall–Kier alpha value is -0.520. The van der Waals surface area contributed by atoms with Crippen LogP contribution < -0.4 is 4.74 Å². The highest BCUT2D eigenvalue weighted by Gasteiger charge is 2.13. The van der Waals surface area contributed by atoms with E-state index in [1.807, 2.05) is 19.1 Å². The average molecular weight is 391 g/mol. The summed E-state index contributed by atoms with van der Waals surface area (Å²) in [5.41, 5.74) is 2.20. The monoisotopic (exact) mass is 390 g/mol. The Morgan fingerprint density at radius 1 is 1.08 bits per heavy atom. The molecule has 1 aliphatic heterocycles. The summed E-state index contributed by atoms with van der Waals surface area (Å²) < 4.78 is 11.7. The SMILES string of the molecule is Cc1cc(OCCOCCN2CCN(C)CC2)c(C(C)C)cc1Cl.Cl. The van der Waals surface area contributed by atoms with Crippen LogP contribution in [0.2, 0.25) is 5.02 Å². The molecule has 4 nitrogen and oxygen atoms in total. The maximum atomic E-state index is 6.23. The number of halogens is 2. The van der Waals surface area contributed by atoms with Crippen LogP contribution in [0.3, 0.4) is 0 Å². The van der Waals surface area contributed by atoms with E-state index in [0.29, 0.717) is 19.1 Å². The summed E-state index contributed by atoms with van der Waals surface area (Å²) in [6.45, 7) is 13.8. The average Bonchev–Trinajstić information content (AvgIpc) is 2.55. The first kappa shape index (κ1) is 22.5. The molecule has 0 atom stereocenters. The molecule has 1 heterocycles. The third-order valence-electron chi connectivity index (χ3n) is 4.55. The molecular weight excluding hydrogens is 359 g/mol. The molecule has 0 aromatic heterocycles. The molecule has 1 aromatic rings. The zero-order valence-electron chi connectivity index (χ0n) is 15.9. The van der Waals surface area contributed by atoms with Crippen molar-refractivity contribution >= 4 is 24.0 Å². The Morgan fingerprint density at radius 3 is 2.40 bits per heavy atom. The van der Waals surface area contributed by atoms with Gasteiger partial charge in [0.1, 0.15) is 12.4 Å². The maximum Gasteiger partial charge on any atom is 0.123 e. The molecule has 0 bridgehead atoms. The normalized spacial score (nSPS) is 16.1. The van der Waals surface area contributed by atoms with Crippen LogP contribution in [0.4, 0.5) is 0 Å². The first-order valence-electron chi connectivity index (χ1n) is 8.89. The lowest BCUT2D eigenvalue weighted by atomic mass is 10.0. The van der Waals surface area contributed by atoms with Gasteiger partial charge in [-0.1, -0.05) is 25.4 Å². The van der Waals surface area contributed by atoms with E-state index in [1.54, 1.807) is 0 Å². The van der Waals surface area contributed by atoms with Gasteiger partial charge in [-0.15, -0.1) is 12.4 Å². The van der Waals surface area contributed by atoms with E-state index in [0.717, 1.165) is 61.2 Å². The van der Waals surface area contributed by atoms with E-state index in [9.17, 15) is 0 Å². The number of hydrogen-bond donors (Lipinski definition) is 0. The Kier molecular flexibility index (Phi) is 10.1. The molecule has 25 heavy (non-hydrogen) atoms. The van der Waals surface area contributed by atoms with Gasteiger partial charge in [-0.2, -0.15) is 0 Å². The first-order chi connectivity index (χ1) is 11.5. The number of ether oxygens (including phenoxy) is 2. The fourth-order valence-corrected chi connectivity index (χ4v) is 3.00. The molecule has 1 aliphatic rings. The predicted molar refractivity (Wildman–Crippen MR) is 108 cm³/mol. The molecule has 1 fully saturated rings. The summed E-state index contributed by atoms with van der Waals surface area (Å²) >= 11 is 6.23. The van der Waals surface area contributed by atoms with E-state index >= 15 is 0 Å². The minimum atomic E-state index is 0. The van der Waals surface area contributed by atoms with Crippen molar-refractivity contribution in [3.8, 4) is 5.75 Å². The molecule has 2 rings (SSSR count). The van der Waals surface area contributed by atoms with Crippen molar-refractivity contribution in [2.24, 2.45) is 0 Å². The lowest BCUT2D eigenvalue weighted by molar-refractivity contribution is 0.0656. The summed E-state index contributed by atoms with van der Waals surface area (Å²) in [6.07, 6.45) is 0. The van der Waals surface area contributed by atoms with Crippen LogP contribution in [0.5, 0.6) is 5.75 Å². The van der Waals surface area contributed by atoms with Crippen molar-refractivity contribution in [1.82, 2.24) is 9.80 Å². The van der Waals surface area contributed by atoms with Gasteiger partial charge in [-0.3, -0.25) is 4.90 Å². The van der Waals surface area contributed by atoms with Crippen LogP contribution >= 0.6 is 24.0 Å². The fraction of sp³-hybridized carbons (Fsp3) is 0.684. The molecule has 0 saturated carbocycles. The highest BCUT2D eigenvalue weighted by atomic mass is 35.5. The van der Waals surface area contributed by atoms with Gasteiger partial charge < -0.3 is 14.4 Å². The molecule has 0 unspecified atom stereocenters. The van der Waals surface area contributed by atoms with E-state index in [2.05, 4.69) is 30.7 Å². The molecule has 144 valence electrons. The number of aryl methyl sites for hydroxylation is 1. The topological polar surface area (TPSA) is 24.9 Å². The number of rotatable bonds is 8. The van der Waals surface area contributed by atoms with Gasteiger partial charge in [0.05, 0.1) is 13.2 Å². The van der Waals surface area contributed by atoms with Gasteiger partial charge in [-0.05, 0) is 43.1 Å². The molecule has 1 aromatic carbocycles. The van der Waals surface area contributed by atoms with Crippen molar-refractivity contribution in [3.05, 3.63) is 28.3 Å². The van der Waals surface area contributed by atoms with Crippen LogP contribution in [0.25, 0.3) is 0 Å². The minimum Gasteiger partial charge on any atom is -0.491 e. The van der Waals surface area contributed by atoms with Crippen molar-refractivity contribution in [2.45, 2.75) is 26.7 Å². The lowest BCUT2D eigenvalue weighted by Crippen LogP contribution is -2.45. The maximum absolute atomic E-state index is 6.23. The van der Waals surface area contributed by atoms with Gasteiger partial charge in [0.2, 0.25) is 0 Å². The van der Waals surface area contributed by atoms with Crippen LogP contribution in [0.15, 0.2) is 12.1 Å². The number of piperazine rings is 1. The van der Waals surface area contributed by atoms with Crippen LogP contribution in [-0.4, -0.2) is 69.4 Å². The van der Waals surface area contributed by atoms with Crippen molar-refractivity contribution in [3.63, 3.8) is 0 Å². The second kappa shape index (κ2) is 11.2. The van der Waals surface area contributed by atoms with Crippen molar-refractivity contribution in [2.75, 3.05) is 59.6 Å². The van der Waals surface area contributed by atoms with Crippen molar-refractivity contribution < 1.29 is 9.47 Å². The van der Waals surface area contributed by atoms with Crippen LogP contribution in [0, 0.1) is 6.92 Å². The third-order valence-corrected chi connectivity index (χ3v) is 4.95. The molecule has 0 amide bonds.